The Hall–Kier alpha value is -2.45. The lowest BCUT2D eigenvalue weighted by molar-refractivity contribution is -0.174. The van der Waals surface area contributed by atoms with Gasteiger partial charge in [0.1, 0.15) is 17.1 Å². The van der Waals surface area contributed by atoms with Crippen molar-refractivity contribution < 1.29 is 22.4 Å². The monoisotopic (exact) mass is 396 g/mol. The van der Waals surface area contributed by atoms with Gasteiger partial charge in [0, 0.05) is 19.0 Å². The molecule has 0 saturated carbocycles. The van der Waals surface area contributed by atoms with E-state index in [4.69, 9.17) is 4.42 Å². The van der Waals surface area contributed by atoms with Crippen molar-refractivity contribution in [2.45, 2.75) is 63.3 Å². The summed E-state index contributed by atoms with van der Waals surface area (Å²) >= 11 is 0. The van der Waals surface area contributed by atoms with Crippen molar-refractivity contribution in [2.24, 2.45) is 0 Å². The predicted molar refractivity (Wildman–Crippen MR) is 96.0 cm³/mol. The van der Waals surface area contributed by atoms with Crippen LogP contribution < -0.4 is 5.32 Å². The largest absolute Gasteiger partial charge is 0.467 e. The maximum Gasteiger partial charge on any atom is 0.410 e. The molecular weight excluding hydrogens is 373 g/mol. The van der Waals surface area contributed by atoms with Crippen molar-refractivity contribution in [2.75, 3.05) is 11.9 Å². The maximum absolute atomic E-state index is 13.7. The van der Waals surface area contributed by atoms with Crippen LogP contribution in [0.2, 0.25) is 0 Å². The lowest BCUT2D eigenvalue weighted by Crippen LogP contribution is -2.44. The highest BCUT2D eigenvalue weighted by Gasteiger charge is 2.48. The van der Waals surface area contributed by atoms with E-state index in [1.165, 1.54) is 12.5 Å². The molecule has 28 heavy (non-hydrogen) atoms. The molecule has 152 valence electrons. The van der Waals surface area contributed by atoms with E-state index in [0.29, 0.717) is 12.3 Å². The van der Waals surface area contributed by atoms with E-state index < -0.39 is 18.3 Å². The topological polar surface area (TPSA) is 63.3 Å². The Labute approximate surface area is 160 Å². The average Bonchev–Trinajstić information content (AvgIpc) is 3.35. The molecule has 9 heteroatoms. The Kier molecular flexibility index (Phi) is 4.84. The number of fused-ring (bicyclic) bond motifs is 1. The Morgan fingerprint density at radius 3 is 2.89 bits per heavy atom. The summed E-state index contributed by atoms with van der Waals surface area (Å²) in [4.78, 5) is 15.0. The fourth-order valence-electron chi connectivity index (χ4n) is 4.24. The van der Waals surface area contributed by atoms with Gasteiger partial charge in [-0.1, -0.05) is 6.92 Å². The number of rotatable bonds is 3. The van der Waals surface area contributed by atoms with E-state index >= 15 is 0 Å². The van der Waals surface area contributed by atoms with Crippen LogP contribution in [-0.2, 0) is 0 Å². The number of halogens is 3. The van der Waals surface area contributed by atoms with Crippen LogP contribution in [0.5, 0.6) is 0 Å². The molecule has 2 aromatic rings. The first-order valence-electron chi connectivity index (χ1n) is 9.65. The van der Waals surface area contributed by atoms with Crippen LogP contribution >= 0.6 is 0 Å². The van der Waals surface area contributed by atoms with E-state index in [2.05, 4.69) is 10.4 Å². The van der Waals surface area contributed by atoms with Crippen LogP contribution in [0.1, 0.15) is 67.2 Å². The minimum Gasteiger partial charge on any atom is -0.467 e. The molecule has 4 heterocycles. The van der Waals surface area contributed by atoms with Crippen molar-refractivity contribution in [3.05, 3.63) is 35.9 Å². The number of hydrogen-bond acceptors (Lipinski definition) is 4. The summed E-state index contributed by atoms with van der Waals surface area (Å²) in [5, 5.41) is 7.01. The lowest BCUT2D eigenvalue weighted by Gasteiger charge is -2.36. The van der Waals surface area contributed by atoms with Crippen LogP contribution in [0.15, 0.2) is 29.0 Å². The van der Waals surface area contributed by atoms with E-state index in [0.717, 1.165) is 30.4 Å². The van der Waals surface area contributed by atoms with Gasteiger partial charge in [-0.2, -0.15) is 18.3 Å². The number of hydrogen-bond donors (Lipinski definition) is 1. The molecule has 2 aliphatic heterocycles. The van der Waals surface area contributed by atoms with E-state index in [-0.39, 0.29) is 29.8 Å². The fraction of sp³-hybridized carbons (Fsp3) is 0.579. The first-order chi connectivity index (χ1) is 13.4. The van der Waals surface area contributed by atoms with Gasteiger partial charge >= 0.3 is 6.18 Å². The van der Waals surface area contributed by atoms with Crippen molar-refractivity contribution in [1.29, 1.82) is 0 Å². The molecule has 1 N–H and O–H groups in total. The Morgan fingerprint density at radius 1 is 1.39 bits per heavy atom. The summed E-state index contributed by atoms with van der Waals surface area (Å²) in [5.41, 5.74) is 0.186. The number of alkyl halides is 3. The molecule has 4 rings (SSSR count). The zero-order valence-electron chi connectivity index (χ0n) is 15.6. The molecule has 6 nitrogen and oxygen atoms in total. The van der Waals surface area contributed by atoms with Crippen LogP contribution in [0.3, 0.4) is 0 Å². The van der Waals surface area contributed by atoms with Gasteiger partial charge < -0.3 is 14.6 Å². The van der Waals surface area contributed by atoms with Crippen molar-refractivity contribution >= 4 is 11.7 Å². The number of carbonyl (C=O) groups excluding carboxylic acids is 1. The number of piperidine rings is 1. The zero-order valence-corrected chi connectivity index (χ0v) is 15.6. The summed E-state index contributed by atoms with van der Waals surface area (Å²) in [6, 6.07) is 0.886. The van der Waals surface area contributed by atoms with Crippen molar-refractivity contribution in [3.8, 4) is 0 Å². The second kappa shape index (κ2) is 7.18. The van der Waals surface area contributed by atoms with Crippen LogP contribution in [0.4, 0.5) is 19.0 Å². The summed E-state index contributed by atoms with van der Waals surface area (Å²) in [7, 11) is 0. The minimum absolute atomic E-state index is 0.111. The van der Waals surface area contributed by atoms with E-state index in [1.807, 2.05) is 6.92 Å². The highest BCUT2D eigenvalue weighted by molar-refractivity contribution is 5.99. The number of aromatic nitrogens is 2. The SMILES string of the molecule is CC[C@H]1CCCCN1C(=O)c1cnn2c1N[C@H](c1ccco1)C[C@@H]2C(F)(F)F. The van der Waals surface area contributed by atoms with Crippen LogP contribution in [0.25, 0.3) is 0 Å². The van der Waals surface area contributed by atoms with Gasteiger partial charge in [-0.3, -0.25) is 4.79 Å². The summed E-state index contributed by atoms with van der Waals surface area (Å²) < 4.78 is 47.3. The second-order valence-electron chi connectivity index (χ2n) is 7.41. The van der Waals surface area contributed by atoms with Gasteiger partial charge in [0.15, 0.2) is 6.04 Å². The molecule has 2 aromatic heterocycles. The summed E-state index contributed by atoms with van der Waals surface area (Å²) in [5.74, 6) is 0.256. The van der Waals surface area contributed by atoms with Gasteiger partial charge in [0.25, 0.3) is 5.91 Å². The lowest BCUT2D eigenvalue weighted by atomic mass is 9.98. The summed E-state index contributed by atoms with van der Waals surface area (Å²) in [6.45, 7) is 2.64. The summed E-state index contributed by atoms with van der Waals surface area (Å²) in [6.07, 6.45) is 1.66. The normalized spacial score (nSPS) is 25.3. The van der Waals surface area contributed by atoms with Gasteiger partial charge in [0.05, 0.1) is 18.5 Å². The zero-order chi connectivity index (χ0) is 19.9. The molecule has 0 spiro atoms. The molecule has 0 aliphatic carbocycles. The Bertz CT molecular complexity index is 831. The molecule has 1 amide bonds. The third kappa shape index (κ3) is 3.27. The highest BCUT2D eigenvalue weighted by Crippen LogP contribution is 2.44. The standard InChI is InChI=1S/C19H23F3N4O2/c1-2-12-6-3-4-8-25(12)18(27)13-11-23-26-16(19(20,21)22)10-14(24-17(13)26)15-7-5-9-28-15/h5,7,9,11-12,14,16,24H,2-4,6,8,10H2,1H3/t12-,14-,16+/m0/s1. The maximum atomic E-state index is 13.7. The van der Waals surface area contributed by atoms with Gasteiger partial charge in [-0.05, 0) is 37.8 Å². The molecule has 1 fully saturated rings. The minimum atomic E-state index is -4.48. The second-order valence-corrected chi connectivity index (χ2v) is 7.41. The van der Waals surface area contributed by atoms with Gasteiger partial charge in [-0.15, -0.1) is 0 Å². The van der Waals surface area contributed by atoms with Crippen molar-refractivity contribution in [1.82, 2.24) is 14.7 Å². The molecule has 0 radical (unpaired) electrons. The van der Waals surface area contributed by atoms with Crippen molar-refractivity contribution in [3.63, 3.8) is 0 Å². The first-order valence-corrected chi connectivity index (χ1v) is 9.65. The third-order valence-corrected chi connectivity index (χ3v) is 5.71. The quantitative estimate of drug-likeness (QED) is 0.827. The van der Waals surface area contributed by atoms with Gasteiger partial charge in [-0.25, -0.2) is 4.68 Å². The smallest absolute Gasteiger partial charge is 0.410 e. The number of furan rings is 1. The van der Waals surface area contributed by atoms with Gasteiger partial charge in [0.2, 0.25) is 0 Å². The van der Waals surface area contributed by atoms with E-state index in [1.54, 1.807) is 17.0 Å². The number of carbonyl (C=O) groups is 1. The third-order valence-electron chi connectivity index (χ3n) is 5.71. The van der Waals surface area contributed by atoms with Crippen LogP contribution in [-0.4, -0.2) is 39.4 Å². The molecule has 1 saturated heterocycles. The fourth-order valence-corrected chi connectivity index (χ4v) is 4.24. The number of anilines is 1. The molecule has 0 aromatic carbocycles. The molecule has 0 unspecified atom stereocenters. The molecule has 0 bridgehead atoms. The number of likely N-dealkylation sites (tertiary alicyclic amines) is 1. The number of nitrogens with zero attached hydrogens (tertiary/aromatic N) is 3. The van der Waals surface area contributed by atoms with E-state index in [9.17, 15) is 18.0 Å². The number of nitrogens with one attached hydrogen (secondary N) is 1. The molecular formula is C19H23F3N4O2. The highest BCUT2D eigenvalue weighted by atomic mass is 19.4. The first kappa shape index (κ1) is 18.9. The predicted octanol–water partition coefficient (Wildman–Crippen LogP) is 4.54. The Morgan fingerprint density at radius 2 is 2.21 bits per heavy atom. The molecule has 2 aliphatic rings. The Balaban J connectivity index is 1.70. The average molecular weight is 396 g/mol. The number of amides is 1. The molecule has 3 atom stereocenters. The van der Waals surface area contributed by atoms with Crippen LogP contribution in [0, 0.1) is 0 Å².